The predicted octanol–water partition coefficient (Wildman–Crippen LogP) is 2.67. The molecule has 5 heteroatoms. The summed E-state index contributed by atoms with van der Waals surface area (Å²) in [5.74, 6) is -0.379. The highest BCUT2D eigenvalue weighted by Crippen LogP contribution is 2.30. The molecule has 2 rings (SSSR count). The van der Waals surface area contributed by atoms with Crippen LogP contribution in [0.4, 0.5) is 5.69 Å². The Labute approximate surface area is 116 Å². The van der Waals surface area contributed by atoms with Crippen LogP contribution < -0.4 is 10.1 Å². The summed E-state index contributed by atoms with van der Waals surface area (Å²) in [6.45, 7) is 1.76. The molecule has 1 amide bonds. The Hall–Kier alpha value is -2.69. The van der Waals surface area contributed by atoms with Gasteiger partial charge in [0, 0.05) is 11.8 Å². The summed E-state index contributed by atoms with van der Waals surface area (Å²) >= 11 is 0. The van der Waals surface area contributed by atoms with E-state index in [2.05, 4.69) is 5.32 Å². The van der Waals surface area contributed by atoms with E-state index in [1.165, 1.54) is 19.2 Å². The SMILES string of the molecule is COc1cccc(C(=O)Nc2ccc(C)c(O)c2)c1O. The van der Waals surface area contributed by atoms with E-state index < -0.39 is 5.91 Å². The van der Waals surface area contributed by atoms with Gasteiger partial charge in [0.05, 0.1) is 12.7 Å². The maximum atomic E-state index is 12.1. The topological polar surface area (TPSA) is 78.8 Å². The first kappa shape index (κ1) is 13.7. The van der Waals surface area contributed by atoms with Gasteiger partial charge < -0.3 is 20.3 Å². The number of aryl methyl sites for hydroxylation is 1. The Bertz CT molecular complexity index is 652. The van der Waals surface area contributed by atoms with E-state index in [1.54, 1.807) is 31.2 Å². The van der Waals surface area contributed by atoms with Gasteiger partial charge in [-0.05, 0) is 30.7 Å². The van der Waals surface area contributed by atoms with Crippen molar-refractivity contribution in [3.8, 4) is 17.2 Å². The first-order chi connectivity index (χ1) is 9.52. The predicted molar refractivity (Wildman–Crippen MR) is 75.5 cm³/mol. The molecule has 3 N–H and O–H groups in total. The van der Waals surface area contributed by atoms with Crippen molar-refractivity contribution in [2.75, 3.05) is 12.4 Å². The highest BCUT2D eigenvalue weighted by atomic mass is 16.5. The van der Waals surface area contributed by atoms with Crippen LogP contribution in [0.15, 0.2) is 36.4 Å². The van der Waals surface area contributed by atoms with Crippen molar-refractivity contribution in [2.45, 2.75) is 6.92 Å². The summed E-state index contributed by atoms with van der Waals surface area (Å²) < 4.78 is 4.95. The molecule has 20 heavy (non-hydrogen) atoms. The number of carbonyl (C=O) groups excluding carboxylic acids is 1. The molecule has 0 spiro atoms. The third-order valence-electron chi connectivity index (χ3n) is 2.93. The number of hydrogen-bond donors (Lipinski definition) is 3. The molecule has 0 heterocycles. The molecule has 0 unspecified atom stereocenters. The Morgan fingerprint density at radius 2 is 1.95 bits per heavy atom. The smallest absolute Gasteiger partial charge is 0.259 e. The number of anilines is 1. The van der Waals surface area contributed by atoms with Crippen molar-refractivity contribution in [1.82, 2.24) is 0 Å². The van der Waals surface area contributed by atoms with Crippen LogP contribution in [0.25, 0.3) is 0 Å². The zero-order valence-electron chi connectivity index (χ0n) is 11.2. The van der Waals surface area contributed by atoms with Crippen molar-refractivity contribution in [1.29, 1.82) is 0 Å². The molecule has 0 saturated carbocycles. The summed E-state index contributed by atoms with van der Waals surface area (Å²) in [6, 6.07) is 9.47. The number of amides is 1. The van der Waals surface area contributed by atoms with Gasteiger partial charge in [-0.2, -0.15) is 0 Å². The molecule has 104 valence electrons. The second kappa shape index (κ2) is 5.52. The minimum Gasteiger partial charge on any atom is -0.508 e. The number of benzene rings is 2. The molecule has 0 fully saturated rings. The van der Waals surface area contributed by atoms with Crippen LogP contribution in [-0.4, -0.2) is 23.2 Å². The Morgan fingerprint density at radius 1 is 1.20 bits per heavy atom. The van der Waals surface area contributed by atoms with Gasteiger partial charge in [0.25, 0.3) is 5.91 Å². The molecule has 0 aliphatic carbocycles. The van der Waals surface area contributed by atoms with Crippen molar-refractivity contribution in [3.63, 3.8) is 0 Å². The largest absolute Gasteiger partial charge is 0.508 e. The fraction of sp³-hybridized carbons (Fsp3) is 0.133. The molecular weight excluding hydrogens is 258 g/mol. The lowest BCUT2D eigenvalue weighted by atomic mass is 10.1. The number of phenols is 2. The molecule has 2 aromatic carbocycles. The molecule has 0 atom stereocenters. The van der Waals surface area contributed by atoms with Crippen LogP contribution in [0.1, 0.15) is 15.9 Å². The molecule has 0 aliphatic heterocycles. The third-order valence-corrected chi connectivity index (χ3v) is 2.93. The van der Waals surface area contributed by atoms with Gasteiger partial charge in [-0.25, -0.2) is 0 Å². The van der Waals surface area contributed by atoms with Crippen LogP contribution in [0, 0.1) is 6.92 Å². The molecule has 0 saturated heterocycles. The number of phenolic OH excluding ortho intramolecular Hbond substituents is 2. The number of para-hydroxylation sites is 1. The van der Waals surface area contributed by atoms with E-state index in [-0.39, 0.29) is 22.8 Å². The van der Waals surface area contributed by atoms with E-state index in [1.807, 2.05) is 0 Å². The van der Waals surface area contributed by atoms with Gasteiger partial charge in [0.2, 0.25) is 0 Å². The summed E-state index contributed by atoms with van der Waals surface area (Å²) in [5, 5.41) is 22.1. The normalized spacial score (nSPS) is 10.1. The average Bonchev–Trinajstić information content (AvgIpc) is 2.43. The van der Waals surface area contributed by atoms with Crippen molar-refractivity contribution >= 4 is 11.6 Å². The fourth-order valence-electron chi connectivity index (χ4n) is 1.76. The number of rotatable bonds is 3. The lowest BCUT2D eigenvalue weighted by Gasteiger charge is -2.10. The second-order valence-electron chi connectivity index (χ2n) is 4.31. The maximum absolute atomic E-state index is 12.1. The summed E-state index contributed by atoms with van der Waals surface area (Å²) in [5.41, 5.74) is 1.26. The number of methoxy groups -OCH3 is 1. The highest BCUT2D eigenvalue weighted by molar-refractivity contribution is 6.06. The number of hydrogen-bond acceptors (Lipinski definition) is 4. The summed E-state index contributed by atoms with van der Waals surface area (Å²) in [4.78, 5) is 12.1. The lowest BCUT2D eigenvalue weighted by Crippen LogP contribution is -2.12. The maximum Gasteiger partial charge on any atom is 0.259 e. The van der Waals surface area contributed by atoms with Gasteiger partial charge in [-0.3, -0.25) is 4.79 Å². The van der Waals surface area contributed by atoms with Gasteiger partial charge in [-0.15, -0.1) is 0 Å². The Morgan fingerprint density at radius 3 is 2.60 bits per heavy atom. The second-order valence-corrected chi connectivity index (χ2v) is 4.31. The molecule has 0 radical (unpaired) electrons. The standard InChI is InChI=1S/C15H15NO4/c1-9-6-7-10(8-12(9)17)16-15(19)11-4-3-5-13(20-2)14(11)18/h3-8,17-18H,1-2H3,(H,16,19). The number of aromatic hydroxyl groups is 2. The highest BCUT2D eigenvalue weighted by Gasteiger charge is 2.15. The number of nitrogens with one attached hydrogen (secondary N) is 1. The van der Waals surface area contributed by atoms with E-state index in [9.17, 15) is 15.0 Å². The van der Waals surface area contributed by atoms with E-state index in [0.29, 0.717) is 11.3 Å². The van der Waals surface area contributed by atoms with E-state index >= 15 is 0 Å². The van der Waals surface area contributed by atoms with E-state index in [0.717, 1.165) is 0 Å². The quantitative estimate of drug-likeness (QED) is 0.803. The molecule has 0 bridgehead atoms. The number of carbonyl (C=O) groups is 1. The first-order valence-electron chi connectivity index (χ1n) is 6.00. The van der Waals surface area contributed by atoms with Crippen LogP contribution in [-0.2, 0) is 0 Å². The summed E-state index contributed by atoms with van der Waals surface area (Å²) in [7, 11) is 1.41. The molecule has 2 aromatic rings. The number of ether oxygens (including phenoxy) is 1. The monoisotopic (exact) mass is 273 g/mol. The summed E-state index contributed by atoms with van der Waals surface area (Å²) in [6.07, 6.45) is 0. The first-order valence-corrected chi connectivity index (χ1v) is 6.00. The average molecular weight is 273 g/mol. The van der Waals surface area contributed by atoms with Crippen molar-refractivity contribution in [3.05, 3.63) is 47.5 Å². The van der Waals surface area contributed by atoms with Crippen LogP contribution >= 0.6 is 0 Å². The van der Waals surface area contributed by atoms with Crippen LogP contribution in [0.2, 0.25) is 0 Å². The molecular formula is C15H15NO4. The van der Waals surface area contributed by atoms with E-state index in [4.69, 9.17) is 4.74 Å². The van der Waals surface area contributed by atoms with Gasteiger partial charge in [-0.1, -0.05) is 12.1 Å². The minimum atomic E-state index is -0.482. The molecule has 0 aromatic heterocycles. The third kappa shape index (κ3) is 2.66. The molecule has 5 nitrogen and oxygen atoms in total. The van der Waals surface area contributed by atoms with Crippen molar-refractivity contribution < 1.29 is 19.7 Å². The van der Waals surface area contributed by atoms with Gasteiger partial charge in [0.1, 0.15) is 5.75 Å². The molecule has 0 aliphatic rings. The zero-order valence-corrected chi connectivity index (χ0v) is 11.2. The van der Waals surface area contributed by atoms with Crippen LogP contribution in [0.5, 0.6) is 17.2 Å². The fourth-order valence-corrected chi connectivity index (χ4v) is 1.76. The van der Waals surface area contributed by atoms with Crippen molar-refractivity contribution in [2.24, 2.45) is 0 Å². The van der Waals surface area contributed by atoms with Gasteiger partial charge >= 0.3 is 0 Å². The van der Waals surface area contributed by atoms with Crippen LogP contribution in [0.3, 0.4) is 0 Å². The minimum absolute atomic E-state index is 0.0951. The zero-order chi connectivity index (χ0) is 14.7. The lowest BCUT2D eigenvalue weighted by molar-refractivity contribution is 0.102. The van der Waals surface area contributed by atoms with Gasteiger partial charge in [0.15, 0.2) is 11.5 Å². The Balaban J connectivity index is 2.26. The Kier molecular flexibility index (Phi) is 3.79.